The molecule has 0 saturated carbocycles. The topological polar surface area (TPSA) is 37.4 Å². The van der Waals surface area contributed by atoms with Gasteiger partial charge in [-0.2, -0.15) is 0 Å². The van der Waals surface area contributed by atoms with Gasteiger partial charge in [0.05, 0.1) is 0 Å². The zero-order valence-corrected chi connectivity index (χ0v) is 8.89. The van der Waals surface area contributed by atoms with Gasteiger partial charge in [0.2, 0.25) is 12.2 Å². The van der Waals surface area contributed by atoms with E-state index in [4.69, 9.17) is 0 Å². The van der Waals surface area contributed by atoms with Crippen molar-refractivity contribution in [2.45, 2.75) is 34.1 Å². The summed E-state index contributed by atoms with van der Waals surface area (Å²) in [6.45, 7) is 8.70. The monoisotopic (exact) mass is 184 g/mol. The van der Waals surface area contributed by atoms with Crippen LogP contribution < -0.4 is 0 Å². The van der Waals surface area contributed by atoms with E-state index in [1.54, 1.807) is 18.7 Å². The highest BCUT2D eigenvalue weighted by molar-refractivity contribution is 5.80. The third kappa shape index (κ3) is 4.06. The van der Waals surface area contributed by atoms with Crippen molar-refractivity contribution in [3.63, 3.8) is 0 Å². The molecule has 0 aliphatic carbocycles. The average Bonchev–Trinajstić information content (AvgIpc) is 2.06. The molecule has 0 saturated heterocycles. The molecule has 3 nitrogen and oxygen atoms in total. The first-order valence-electron chi connectivity index (χ1n) is 4.64. The highest BCUT2D eigenvalue weighted by atomic mass is 16.2. The fourth-order valence-corrected chi connectivity index (χ4v) is 1.10. The lowest BCUT2D eigenvalue weighted by molar-refractivity contribution is -0.132. The summed E-state index contributed by atoms with van der Waals surface area (Å²) < 4.78 is 0. The van der Waals surface area contributed by atoms with Gasteiger partial charge in [-0.1, -0.05) is 13.8 Å². The van der Waals surface area contributed by atoms with Gasteiger partial charge in [-0.15, -0.1) is 0 Å². The van der Waals surface area contributed by atoms with Gasteiger partial charge in [0.15, 0.2) is 0 Å². The Hall–Kier alpha value is -0.860. The van der Waals surface area contributed by atoms with E-state index in [9.17, 15) is 9.59 Å². The molecule has 0 bridgehead atoms. The Morgan fingerprint density at radius 1 is 1.31 bits per heavy atom. The molecule has 1 radical (unpaired) electrons. The van der Waals surface area contributed by atoms with Gasteiger partial charge in [-0.25, -0.2) is 0 Å². The summed E-state index contributed by atoms with van der Waals surface area (Å²) in [5, 5.41) is 0. The number of amides is 1. The van der Waals surface area contributed by atoms with Crippen molar-refractivity contribution in [1.29, 1.82) is 0 Å². The van der Waals surface area contributed by atoms with Crippen LogP contribution in [0.25, 0.3) is 0 Å². The second-order valence-electron chi connectivity index (χ2n) is 3.73. The Balaban J connectivity index is 4.20. The molecule has 13 heavy (non-hydrogen) atoms. The first-order chi connectivity index (χ1) is 5.96. The molecular formula is C10H18NO2. The van der Waals surface area contributed by atoms with Gasteiger partial charge in [-0.05, 0) is 13.8 Å². The van der Waals surface area contributed by atoms with Crippen molar-refractivity contribution in [3.8, 4) is 0 Å². The highest BCUT2D eigenvalue weighted by Gasteiger charge is 2.24. The molecule has 1 amide bonds. The van der Waals surface area contributed by atoms with Gasteiger partial charge in [-0.3, -0.25) is 9.59 Å². The summed E-state index contributed by atoms with van der Waals surface area (Å²) in [5.74, 6) is 0.0263. The summed E-state index contributed by atoms with van der Waals surface area (Å²) in [4.78, 5) is 23.7. The predicted octanol–water partition coefficient (Wildman–Crippen LogP) is 1.38. The zero-order valence-electron chi connectivity index (χ0n) is 8.89. The van der Waals surface area contributed by atoms with Crippen LogP contribution >= 0.6 is 0 Å². The molecule has 0 spiro atoms. The molecule has 0 aromatic heterocycles. The minimum atomic E-state index is -0.653. The Labute approximate surface area is 80.1 Å². The van der Waals surface area contributed by atoms with Crippen LogP contribution in [0.1, 0.15) is 34.1 Å². The number of hydrogen-bond acceptors (Lipinski definition) is 2. The van der Waals surface area contributed by atoms with Crippen LogP contribution in [0.15, 0.2) is 0 Å². The van der Waals surface area contributed by atoms with Crippen molar-refractivity contribution in [3.05, 3.63) is 0 Å². The van der Waals surface area contributed by atoms with Crippen LogP contribution in [-0.2, 0) is 9.59 Å². The van der Waals surface area contributed by atoms with E-state index in [2.05, 4.69) is 0 Å². The maximum Gasteiger partial charge on any atom is 0.223 e. The quantitative estimate of drug-likeness (QED) is 0.647. The molecule has 0 atom stereocenters. The first kappa shape index (κ1) is 12.1. The molecule has 3 heteroatoms. The molecule has 0 rings (SSSR count). The zero-order chi connectivity index (χ0) is 10.5. The molecule has 0 N–H and O–H groups in total. The summed E-state index contributed by atoms with van der Waals surface area (Å²) in [6.07, 6.45) is 2.13. The average molecular weight is 184 g/mol. The van der Waals surface area contributed by atoms with Crippen molar-refractivity contribution in [2.24, 2.45) is 5.41 Å². The number of carbonyl (C=O) groups is 1. The third-order valence-corrected chi connectivity index (χ3v) is 1.99. The highest BCUT2D eigenvalue weighted by Crippen LogP contribution is 2.17. The fraction of sp³-hybridized carbons (Fsp3) is 0.800. The summed E-state index contributed by atoms with van der Waals surface area (Å²) in [5.41, 5.74) is -0.653. The van der Waals surface area contributed by atoms with Crippen molar-refractivity contribution in [2.75, 3.05) is 13.1 Å². The lowest BCUT2D eigenvalue weighted by Crippen LogP contribution is -2.34. The molecule has 0 unspecified atom stereocenters. The van der Waals surface area contributed by atoms with Crippen molar-refractivity contribution < 1.29 is 9.59 Å². The Morgan fingerprint density at radius 2 is 1.77 bits per heavy atom. The lowest BCUT2D eigenvalue weighted by atomic mass is 9.91. The number of carbonyl (C=O) groups excluding carboxylic acids is 2. The largest absolute Gasteiger partial charge is 0.343 e. The van der Waals surface area contributed by atoms with Gasteiger partial charge >= 0.3 is 0 Å². The van der Waals surface area contributed by atoms with Gasteiger partial charge < -0.3 is 4.90 Å². The molecule has 75 valence electrons. The fourth-order valence-electron chi connectivity index (χ4n) is 1.10. The Kier molecular flexibility index (Phi) is 4.67. The van der Waals surface area contributed by atoms with Gasteiger partial charge in [0.1, 0.15) is 0 Å². The van der Waals surface area contributed by atoms with E-state index in [0.717, 1.165) is 0 Å². The van der Waals surface area contributed by atoms with E-state index in [-0.39, 0.29) is 12.3 Å². The van der Waals surface area contributed by atoms with Crippen LogP contribution in [0.5, 0.6) is 0 Å². The van der Waals surface area contributed by atoms with Crippen LogP contribution in [0.4, 0.5) is 0 Å². The molecule has 0 aromatic rings. The van der Waals surface area contributed by atoms with E-state index in [1.165, 1.54) is 0 Å². The Morgan fingerprint density at radius 3 is 2.08 bits per heavy atom. The standard InChI is InChI=1S/C10H18NO2/c1-5-11(6-2)9(13)7-10(3,4)8-12/h5-7H2,1-4H3. The molecule has 0 aliphatic rings. The summed E-state index contributed by atoms with van der Waals surface area (Å²) >= 11 is 0. The van der Waals surface area contributed by atoms with Crippen molar-refractivity contribution in [1.82, 2.24) is 4.90 Å². The Bertz CT molecular complexity index is 183. The molecule has 0 aromatic carbocycles. The number of rotatable bonds is 5. The maximum absolute atomic E-state index is 11.5. The first-order valence-corrected chi connectivity index (χ1v) is 4.64. The van der Waals surface area contributed by atoms with Gasteiger partial charge in [0, 0.05) is 24.9 Å². The normalized spacial score (nSPS) is 11.1. The molecule has 0 heterocycles. The van der Waals surface area contributed by atoms with Crippen LogP contribution in [0.2, 0.25) is 0 Å². The molecular weight excluding hydrogens is 166 g/mol. The number of nitrogens with zero attached hydrogens (tertiary/aromatic N) is 1. The minimum Gasteiger partial charge on any atom is -0.343 e. The van der Waals surface area contributed by atoms with E-state index in [0.29, 0.717) is 13.1 Å². The van der Waals surface area contributed by atoms with Gasteiger partial charge in [0.25, 0.3) is 0 Å². The van der Waals surface area contributed by atoms with E-state index < -0.39 is 5.41 Å². The van der Waals surface area contributed by atoms with E-state index in [1.807, 2.05) is 20.1 Å². The maximum atomic E-state index is 11.5. The second-order valence-corrected chi connectivity index (χ2v) is 3.73. The van der Waals surface area contributed by atoms with E-state index >= 15 is 0 Å². The number of hydrogen-bond donors (Lipinski definition) is 0. The predicted molar refractivity (Wildman–Crippen MR) is 52.0 cm³/mol. The second kappa shape index (κ2) is 5.00. The minimum absolute atomic E-state index is 0.0263. The van der Waals surface area contributed by atoms with Crippen LogP contribution in [-0.4, -0.2) is 30.2 Å². The van der Waals surface area contributed by atoms with Crippen LogP contribution in [0.3, 0.4) is 0 Å². The summed E-state index contributed by atoms with van der Waals surface area (Å²) in [7, 11) is 0. The lowest BCUT2D eigenvalue weighted by Gasteiger charge is -2.22. The smallest absolute Gasteiger partial charge is 0.223 e. The molecule has 0 aliphatic heterocycles. The SMILES string of the molecule is CCN(CC)C(=O)CC(C)(C)[C]=O. The third-order valence-electron chi connectivity index (χ3n) is 1.99. The molecule has 0 fully saturated rings. The van der Waals surface area contributed by atoms with Crippen molar-refractivity contribution >= 4 is 12.2 Å². The van der Waals surface area contributed by atoms with Crippen LogP contribution in [0, 0.1) is 5.41 Å². The summed E-state index contributed by atoms with van der Waals surface area (Å²) in [6, 6.07) is 0.